The predicted octanol–water partition coefficient (Wildman–Crippen LogP) is 1.78. The molecule has 1 fully saturated rings. The molecular weight excluding hydrogens is 258 g/mol. The summed E-state index contributed by atoms with van der Waals surface area (Å²) in [4.78, 5) is 25.3. The summed E-state index contributed by atoms with van der Waals surface area (Å²) >= 11 is 0. The monoisotopic (exact) mass is 277 g/mol. The van der Waals surface area contributed by atoms with Crippen LogP contribution in [0, 0.1) is 5.92 Å². The van der Waals surface area contributed by atoms with Crippen molar-refractivity contribution in [1.29, 1.82) is 0 Å². The third kappa shape index (κ3) is 2.76. The molecule has 0 unspecified atom stereocenters. The van der Waals surface area contributed by atoms with Crippen LogP contribution in [-0.2, 0) is 14.3 Å². The van der Waals surface area contributed by atoms with E-state index in [1.807, 2.05) is 31.2 Å². The van der Waals surface area contributed by atoms with E-state index < -0.39 is 0 Å². The number of nitrogens with zero attached hydrogens (tertiary/aromatic N) is 1. The van der Waals surface area contributed by atoms with Gasteiger partial charge in [-0.25, -0.2) is 0 Å². The topological polar surface area (TPSA) is 55.8 Å². The van der Waals surface area contributed by atoms with Gasteiger partial charge in [0.15, 0.2) is 0 Å². The van der Waals surface area contributed by atoms with Gasteiger partial charge in [-0.3, -0.25) is 9.59 Å². The number of hydrogen-bond acceptors (Lipinski definition) is 4. The van der Waals surface area contributed by atoms with Crippen LogP contribution in [-0.4, -0.2) is 37.5 Å². The van der Waals surface area contributed by atoms with E-state index in [2.05, 4.69) is 0 Å². The fourth-order valence-electron chi connectivity index (χ4n) is 2.49. The van der Waals surface area contributed by atoms with Crippen molar-refractivity contribution >= 4 is 11.9 Å². The molecule has 108 valence electrons. The summed E-state index contributed by atoms with van der Waals surface area (Å²) in [5.41, 5.74) is 1.02. The second kappa shape index (κ2) is 5.94. The number of ether oxygens (including phenoxy) is 2. The highest BCUT2D eigenvalue weighted by Gasteiger charge is 2.37. The Morgan fingerprint density at radius 1 is 1.30 bits per heavy atom. The number of methoxy groups -OCH3 is 2. The zero-order chi connectivity index (χ0) is 14.7. The Labute approximate surface area is 118 Å². The molecular formula is C15H19NO4. The number of benzene rings is 1. The maximum absolute atomic E-state index is 12.0. The lowest BCUT2D eigenvalue weighted by Gasteiger charge is -2.25. The average molecular weight is 277 g/mol. The van der Waals surface area contributed by atoms with Crippen LogP contribution in [0.5, 0.6) is 5.75 Å². The molecule has 0 saturated carbocycles. The van der Waals surface area contributed by atoms with Gasteiger partial charge < -0.3 is 14.4 Å². The summed E-state index contributed by atoms with van der Waals surface area (Å²) in [6, 6.07) is 7.53. The molecule has 1 aromatic rings. The van der Waals surface area contributed by atoms with Gasteiger partial charge in [-0.15, -0.1) is 0 Å². The molecule has 20 heavy (non-hydrogen) atoms. The van der Waals surface area contributed by atoms with Gasteiger partial charge in [-0.2, -0.15) is 0 Å². The second-order valence-electron chi connectivity index (χ2n) is 4.92. The van der Waals surface area contributed by atoms with E-state index in [0.717, 1.165) is 11.3 Å². The molecule has 1 aliphatic rings. The van der Waals surface area contributed by atoms with E-state index >= 15 is 0 Å². The second-order valence-corrected chi connectivity index (χ2v) is 4.92. The smallest absolute Gasteiger partial charge is 0.310 e. The molecule has 1 amide bonds. The molecule has 0 aliphatic carbocycles. The standard InChI is InChI=1S/C15H19NO4/c1-10(11-4-6-13(19-2)7-5-11)16-9-12(8-14(16)17)15(18)20-3/h4-7,10,12H,8-9H2,1-3H3/t10-,12-/m1/s1. The van der Waals surface area contributed by atoms with Gasteiger partial charge in [0.25, 0.3) is 0 Å². The Morgan fingerprint density at radius 3 is 2.50 bits per heavy atom. The molecule has 0 radical (unpaired) electrons. The first kappa shape index (κ1) is 14.4. The molecule has 1 saturated heterocycles. The molecule has 0 N–H and O–H groups in total. The summed E-state index contributed by atoms with van der Waals surface area (Å²) in [6.07, 6.45) is 0.229. The Balaban J connectivity index is 2.10. The fourth-order valence-corrected chi connectivity index (χ4v) is 2.49. The van der Waals surface area contributed by atoms with Crippen molar-refractivity contribution in [2.75, 3.05) is 20.8 Å². The van der Waals surface area contributed by atoms with Crippen molar-refractivity contribution in [3.8, 4) is 5.75 Å². The third-order valence-corrected chi connectivity index (χ3v) is 3.76. The van der Waals surface area contributed by atoms with E-state index in [9.17, 15) is 9.59 Å². The average Bonchev–Trinajstić information content (AvgIpc) is 2.87. The Hall–Kier alpha value is -2.04. The number of likely N-dealkylation sites (tertiary alicyclic amines) is 1. The molecule has 5 heteroatoms. The number of carbonyl (C=O) groups is 2. The summed E-state index contributed by atoms with van der Waals surface area (Å²) in [6.45, 7) is 2.37. The molecule has 1 aromatic carbocycles. The first-order chi connectivity index (χ1) is 9.56. The highest BCUT2D eigenvalue weighted by molar-refractivity contribution is 5.87. The van der Waals surface area contributed by atoms with Gasteiger partial charge in [0.05, 0.1) is 26.2 Å². The number of amides is 1. The van der Waals surface area contributed by atoms with Crippen molar-refractivity contribution in [2.24, 2.45) is 5.92 Å². The lowest BCUT2D eigenvalue weighted by Crippen LogP contribution is -2.29. The summed E-state index contributed by atoms with van der Waals surface area (Å²) in [5, 5.41) is 0. The SMILES string of the molecule is COC(=O)[C@@H]1CC(=O)N([C@H](C)c2ccc(OC)cc2)C1. The molecule has 2 rings (SSSR count). The van der Waals surface area contributed by atoms with E-state index in [1.165, 1.54) is 7.11 Å². The molecule has 0 bridgehead atoms. The van der Waals surface area contributed by atoms with Crippen LogP contribution in [0.1, 0.15) is 24.9 Å². The first-order valence-corrected chi connectivity index (χ1v) is 6.58. The predicted molar refractivity (Wildman–Crippen MR) is 73.2 cm³/mol. The van der Waals surface area contributed by atoms with Crippen molar-refractivity contribution in [3.05, 3.63) is 29.8 Å². The maximum Gasteiger partial charge on any atom is 0.310 e. The first-order valence-electron chi connectivity index (χ1n) is 6.58. The minimum absolute atomic E-state index is 0.0104. The number of rotatable bonds is 4. The quantitative estimate of drug-likeness (QED) is 0.787. The zero-order valence-corrected chi connectivity index (χ0v) is 12.0. The number of hydrogen-bond donors (Lipinski definition) is 0. The van der Waals surface area contributed by atoms with Crippen LogP contribution in [0.2, 0.25) is 0 Å². The van der Waals surface area contributed by atoms with Gasteiger partial charge in [-0.05, 0) is 24.6 Å². The van der Waals surface area contributed by atoms with Gasteiger partial charge in [0.2, 0.25) is 5.91 Å². The molecule has 0 spiro atoms. The van der Waals surface area contributed by atoms with Gasteiger partial charge >= 0.3 is 5.97 Å². The lowest BCUT2D eigenvalue weighted by molar-refractivity contribution is -0.145. The molecule has 1 heterocycles. The van der Waals surface area contributed by atoms with Crippen LogP contribution in [0.4, 0.5) is 0 Å². The van der Waals surface area contributed by atoms with Crippen LogP contribution < -0.4 is 4.74 Å². The van der Waals surface area contributed by atoms with Crippen LogP contribution in [0.3, 0.4) is 0 Å². The Bertz CT molecular complexity index is 497. The van der Waals surface area contributed by atoms with Crippen LogP contribution in [0.15, 0.2) is 24.3 Å². The van der Waals surface area contributed by atoms with E-state index in [0.29, 0.717) is 6.54 Å². The minimum Gasteiger partial charge on any atom is -0.497 e. The molecule has 5 nitrogen and oxygen atoms in total. The van der Waals surface area contributed by atoms with Gasteiger partial charge in [0, 0.05) is 13.0 Å². The van der Waals surface area contributed by atoms with E-state index in [1.54, 1.807) is 12.0 Å². The molecule has 0 aromatic heterocycles. The normalized spacial score (nSPS) is 19.9. The van der Waals surface area contributed by atoms with E-state index in [-0.39, 0.29) is 30.3 Å². The van der Waals surface area contributed by atoms with Gasteiger partial charge in [0.1, 0.15) is 5.75 Å². The van der Waals surface area contributed by atoms with Crippen LogP contribution >= 0.6 is 0 Å². The highest BCUT2D eigenvalue weighted by atomic mass is 16.5. The van der Waals surface area contributed by atoms with Crippen molar-refractivity contribution in [1.82, 2.24) is 4.90 Å². The fraction of sp³-hybridized carbons (Fsp3) is 0.467. The molecule has 2 atom stereocenters. The van der Waals surface area contributed by atoms with Crippen molar-refractivity contribution in [3.63, 3.8) is 0 Å². The number of esters is 1. The Morgan fingerprint density at radius 2 is 1.95 bits per heavy atom. The van der Waals surface area contributed by atoms with Gasteiger partial charge in [-0.1, -0.05) is 12.1 Å². The largest absolute Gasteiger partial charge is 0.497 e. The summed E-state index contributed by atoms with van der Waals surface area (Å²) < 4.78 is 9.83. The summed E-state index contributed by atoms with van der Waals surface area (Å²) in [5.74, 6) is 0.0980. The Kier molecular flexibility index (Phi) is 4.27. The third-order valence-electron chi connectivity index (χ3n) is 3.76. The van der Waals surface area contributed by atoms with E-state index in [4.69, 9.17) is 9.47 Å². The molecule has 1 aliphatic heterocycles. The van der Waals surface area contributed by atoms with Crippen molar-refractivity contribution < 1.29 is 19.1 Å². The minimum atomic E-state index is -0.354. The summed E-state index contributed by atoms with van der Waals surface area (Å²) in [7, 11) is 2.96. The highest BCUT2D eigenvalue weighted by Crippen LogP contribution is 2.29. The lowest BCUT2D eigenvalue weighted by atomic mass is 10.1. The van der Waals surface area contributed by atoms with Crippen LogP contribution in [0.25, 0.3) is 0 Å². The maximum atomic E-state index is 12.0. The zero-order valence-electron chi connectivity index (χ0n) is 12.0. The van der Waals surface area contributed by atoms with Crippen molar-refractivity contribution in [2.45, 2.75) is 19.4 Å². The number of carbonyl (C=O) groups excluding carboxylic acids is 2.